The molecule has 5 nitrogen and oxygen atoms in total. The van der Waals surface area contributed by atoms with Crippen LogP contribution in [0.5, 0.6) is 0 Å². The predicted octanol–water partition coefficient (Wildman–Crippen LogP) is 2.81. The Morgan fingerprint density at radius 1 is 1.38 bits per heavy atom. The number of nitrogens with one attached hydrogen (secondary N) is 1. The molecule has 0 spiro atoms. The number of esters is 1. The van der Waals surface area contributed by atoms with E-state index in [0.717, 1.165) is 10.7 Å². The van der Waals surface area contributed by atoms with E-state index in [9.17, 15) is 9.59 Å². The number of carbonyl (C=O) groups is 2. The van der Waals surface area contributed by atoms with Gasteiger partial charge in [0.25, 0.3) is 0 Å². The second-order valence-corrected chi connectivity index (χ2v) is 5.45. The summed E-state index contributed by atoms with van der Waals surface area (Å²) >= 11 is 1.51. The fraction of sp³-hybridized carbons (Fsp3) is 0.267. The lowest BCUT2D eigenvalue weighted by Gasteiger charge is -2.06. The molecule has 21 heavy (non-hydrogen) atoms. The number of carbonyl (C=O) groups excluding carboxylic acids is 2. The summed E-state index contributed by atoms with van der Waals surface area (Å²) in [4.78, 5) is 27.8. The van der Waals surface area contributed by atoms with Gasteiger partial charge in [0, 0.05) is 11.1 Å². The Morgan fingerprint density at radius 2 is 2.19 bits per heavy atom. The molecular formula is C15H16N2O3S. The highest BCUT2D eigenvalue weighted by atomic mass is 32.1. The molecule has 1 heterocycles. The molecule has 2 aromatic rings. The van der Waals surface area contributed by atoms with Crippen LogP contribution < -0.4 is 5.32 Å². The van der Waals surface area contributed by atoms with Crippen molar-refractivity contribution in [2.24, 2.45) is 0 Å². The fourth-order valence-corrected chi connectivity index (χ4v) is 2.41. The highest BCUT2D eigenvalue weighted by Crippen LogP contribution is 2.13. The van der Waals surface area contributed by atoms with Gasteiger partial charge in [-0.1, -0.05) is 6.07 Å². The Kier molecular flexibility index (Phi) is 5.05. The molecule has 1 aromatic carbocycles. The number of thiazole rings is 1. The van der Waals surface area contributed by atoms with Gasteiger partial charge in [0.1, 0.15) is 0 Å². The smallest absolute Gasteiger partial charge is 0.338 e. The fourth-order valence-electron chi connectivity index (χ4n) is 1.80. The Morgan fingerprint density at radius 3 is 2.86 bits per heavy atom. The number of hydrogen-bond donors (Lipinski definition) is 1. The molecule has 0 radical (unpaired) electrons. The van der Waals surface area contributed by atoms with E-state index < -0.39 is 5.97 Å². The summed E-state index contributed by atoms with van der Waals surface area (Å²) in [6.07, 6.45) is 0.216. The molecule has 2 rings (SSSR count). The molecule has 1 N–H and O–H groups in total. The third kappa shape index (κ3) is 4.39. The summed E-state index contributed by atoms with van der Waals surface area (Å²) in [5.74, 6) is -0.565. The highest BCUT2D eigenvalue weighted by Gasteiger charge is 2.10. The van der Waals surface area contributed by atoms with Crippen LogP contribution in [0.1, 0.15) is 28.0 Å². The van der Waals surface area contributed by atoms with E-state index in [1.54, 1.807) is 31.2 Å². The topological polar surface area (TPSA) is 68.3 Å². The summed E-state index contributed by atoms with van der Waals surface area (Å²) in [7, 11) is 0. The lowest BCUT2D eigenvalue weighted by molar-refractivity contribution is -0.115. The summed E-state index contributed by atoms with van der Waals surface area (Å²) in [6.45, 7) is 3.97. The molecule has 0 aliphatic heterocycles. The zero-order chi connectivity index (χ0) is 15.2. The maximum absolute atomic E-state index is 11.9. The first kappa shape index (κ1) is 15.2. The molecule has 0 saturated heterocycles. The van der Waals surface area contributed by atoms with Crippen LogP contribution in [0.15, 0.2) is 29.6 Å². The van der Waals surface area contributed by atoms with Gasteiger partial charge in [-0.25, -0.2) is 9.78 Å². The number of benzene rings is 1. The third-order valence-electron chi connectivity index (χ3n) is 2.67. The first-order valence-corrected chi connectivity index (χ1v) is 7.44. The number of rotatable bonds is 5. The summed E-state index contributed by atoms with van der Waals surface area (Å²) < 4.78 is 4.93. The van der Waals surface area contributed by atoms with Gasteiger partial charge in [-0.3, -0.25) is 4.79 Å². The van der Waals surface area contributed by atoms with Crippen molar-refractivity contribution < 1.29 is 14.3 Å². The van der Waals surface area contributed by atoms with E-state index in [4.69, 9.17) is 4.74 Å². The quantitative estimate of drug-likeness (QED) is 0.862. The van der Waals surface area contributed by atoms with Gasteiger partial charge >= 0.3 is 5.97 Å². The molecule has 1 amide bonds. The maximum Gasteiger partial charge on any atom is 0.338 e. The molecule has 0 aliphatic carbocycles. The van der Waals surface area contributed by atoms with E-state index in [-0.39, 0.29) is 12.3 Å². The van der Waals surface area contributed by atoms with E-state index in [2.05, 4.69) is 10.3 Å². The van der Waals surface area contributed by atoms with Crippen molar-refractivity contribution in [3.05, 3.63) is 45.9 Å². The largest absolute Gasteiger partial charge is 0.462 e. The van der Waals surface area contributed by atoms with Gasteiger partial charge in [-0.05, 0) is 32.0 Å². The van der Waals surface area contributed by atoms with Crippen molar-refractivity contribution in [2.75, 3.05) is 11.9 Å². The average Bonchev–Trinajstić information content (AvgIpc) is 2.84. The Bertz CT molecular complexity index is 652. The second-order valence-electron chi connectivity index (χ2n) is 4.38. The molecule has 0 aliphatic rings. The van der Waals surface area contributed by atoms with Crippen LogP contribution in [-0.4, -0.2) is 23.5 Å². The second kappa shape index (κ2) is 6.99. The van der Waals surface area contributed by atoms with Crippen molar-refractivity contribution >= 4 is 28.9 Å². The number of aromatic nitrogens is 1. The molecule has 0 fully saturated rings. The number of amides is 1. The molecule has 6 heteroatoms. The number of ether oxygens (including phenoxy) is 1. The van der Waals surface area contributed by atoms with Crippen molar-refractivity contribution in [3.63, 3.8) is 0 Å². The van der Waals surface area contributed by atoms with Crippen LogP contribution in [0.2, 0.25) is 0 Å². The SMILES string of the molecule is CCOC(=O)c1cccc(NC(=O)Cc2csc(C)n2)c1. The van der Waals surface area contributed by atoms with E-state index >= 15 is 0 Å². The Hall–Kier alpha value is -2.21. The third-order valence-corrected chi connectivity index (χ3v) is 3.49. The molecule has 0 bridgehead atoms. The molecule has 0 unspecified atom stereocenters. The molecule has 110 valence electrons. The van der Waals surface area contributed by atoms with E-state index in [0.29, 0.717) is 17.9 Å². The van der Waals surface area contributed by atoms with Crippen molar-refractivity contribution in [1.29, 1.82) is 0 Å². The van der Waals surface area contributed by atoms with Gasteiger partial charge in [0.15, 0.2) is 0 Å². The summed E-state index contributed by atoms with van der Waals surface area (Å²) in [6, 6.07) is 6.68. The van der Waals surface area contributed by atoms with Gasteiger partial charge in [-0.2, -0.15) is 0 Å². The van der Waals surface area contributed by atoms with Crippen LogP contribution >= 0.6 is 11.3 Å². The minimum absolute atomic E-state index is 0.165. The Labute approximate surface area is 127 Å². The predicted molar refractivity (Wildman–Crippen MR) is 81.6 cm³/mol. The van der Waals surface area contributed by atoms with Crippen LogP contribution in [-0.2, 0) is 16.0 Å². The van der Waals surface area contributed by atoms with Gasteiger partial charge < -0.3 is 10.1 Å². The average molecular weight is 304 g/mol. The monoisotopic (exact) mass is 304 g/mol. The minimum atomic E-state index is -0.399. The van der Waals surface area contributed by atoms with Crippen molar-refractivity contribution in [2.45, 2.75) is 20.3 Å². The zero-order valence-electron chi connectivity index (χ0n) is 11.9. The van der Waals surface area contributed by atoms with Crippen LogP contribution in [0, 0.1) is 6.92 Å². The van der Waals surface area contributed by atoms with Gasteiger partial charge in [0.2, 0.25) is 5.91 Å². The molecule has 0 atom stereocenters. The molecule has 0 saturated carbocycles. The van der Waals surface area contributed by atoms with Gasteiger partial charge in [-0.15, -0.1) is 11.3 Å². The van der Waals surface area contributed by atoms with Crippen LogP contribution in [0.3, 0.4) is 0 Å². The number of hydrogen-bond acceptors (Lipinski definition) is 5. The minimum Gasteiger partial charge on any atom is -0.462 e. The number of anilines is 1. The molecule has 1 aromatic heterocycles. The number of aryl methyl sites for hydroxylation is 1. The number of nitrogens with zero attached hydrogens (tertiary/aromatic N) is 1. The van der Waals surface area contributed by atoms with Crippen molar-refractivity contribution in [3.8, 4) is 0 Å². The summed E-state index contributed by atoms with van der Waals surface area (Å²) in [5.41, 5.74) is 1.73. The van der Waals surface area contributed by atoms with Gasteiger partial charge in [0.05, 0.1) is 29.3 Å². The van der Waals surface area contributed by atoms with Crippen molar-refractivity contribution in [1.82, 2.24) is 4.98 Å². The first-order valence-electron chi connectivity index (χ1n) is 6.56. The van der Waals surface area contributed by atoms with Crippen LogP contribution in [0.4, 0.5) is 5.69 Å². The normalized spacial score (nSPS) is 10.2. The van der Waals surface area contributed by atoms with E-state index in [1.807, 2.05) is 12.3 Å². The standard InChI is InChI=1S/C15H16N2O3S/c1-3-20-15(19)11-5-4-6-12(7-11)17-14(18)8-13-9-21-10(2)16-13/h4-7,9H,3,8H2,1-2H3,(H,17,18). The van der Waals surface area contributed by atoms with E-state index in [1.165, 1.54) is 11.3 Å². The summed E-state index contributed by atoms with van der Waals surface area (Å²) in [5, 5.41) is 5.55. The maximum atomic E-state index is 11.9. The zero-order valence-corrected chi connectivity index (χ0v) is 12.7. The lowest BCUT2D eigenvalue weighted by atomic mass is 10.2. The first-order chi connectivity index (χ1) is 10.1. The lowest BCUT2D eigenvalue weighted by Crippen LogP contribution is -2.15. The van der Waals surface area contributed by atoms with Crippen LogP contribution in [0.25, 0.3) is 0 Å². The molecular weight excluding hydrogens is 288 g/mol. The highest BCUT2D eigenvalue weighted by molar-refractivity contribution is 7.09. The Balaban J connectivity index is 2.00.